The van der Waals surface area contributed by atoms with Gasteiger partial charge in [-0.2, -0.15) is 0 Å². The van der Waals surface area contributed by atoms with Gasteiger partial charge >= 0.3 is 0 Å². The zero-order valence-electron chi connectivity index (χ0n) is 11.6. The van der Waals surface area contributed by atoms with Gasteiger partial charge in [0.2, 0.25) is 0 Å². The number of rotatable bonds is 7. The van der Waals surface area contributed by atoms with Crippen molar-refractivity contribution in [1.82, 2.24) is 0 Å². The Labute approximate surface area is 118 Å². The summed E-state index contributed by atoms with van der Waals surface area (Å²) >= 11 is 0. The number of hydrogen-bond acceptors (Lipinski definition) is 5. The number of aliphatic hydroxyl groups is 4. The molecule has 20 heavy (non-hydrogen) atoms. The summed E-state index contributed by atoms with van der Waals surface area (Å²) in [5.41, 5.74) is -0.995. The van der Waals surface area contributed by atoms with Crippen LogP contribution in [0, 0.1) is 0 Å². The molecule has 1 aliphatic rings. The minimum absolute atomic E-state index is 0.257. The molecule has 5 heteroatoms. The van der Waals surface area contributed by atoms with E-state index < -0.39 is 24.4 Å². The van der Waals surface area contributed by atoms with Crippen molar-refractivity contribution >= 4 is 5.78 Å². The molecule has 5 nitrogen and oxygen atoms in total. The highest BCUT2D eigenvalue weighted by atomic mass is 16.4. The zero-order valence-corrected chi connectivity index (χ0v) is 11.6. The highest BCUT2D eigenvalue weighted by Crippen LogP contribution is 2.31. The van der Waals surface area contributed by atoms with Gasteiger partial charge in [0.25, 0.3) is 0 Å². The van der Waals surface area contributed by atoms with Gasteiger partial charge < -0.3 is 20.4 Å². The first kappa shape index (κ1) is 16.8. The van der Waals surface area contributed by atoms with Crippen LogP contribution in [0.15, 0.2) is 36.0 Å². The van der Waals surface area contributed by atoms with Crippen molar-refractivity contribution < 1.29 is 25.2 Å². The number of aliphatic hydroxyl groups excluding tert-OH is 3. The van der Waals surface area contributed by atoms with E-state index in [1.807, 2.05) is 6.92 Å². The fraction of sp³-hybridized carbons (Fsp3) is 0.533. The molecule has 0 saturated carbocycles. The minimum atomic E-state index is -1.26. The maximum absolute atomic E-state index is 11.7. The summed E-state index contributed by atoms with van der Waals surface area (Å²) in [6, 6.07) is 0. The van der Waals surface area contributed by atoms with Gasteiger partial charge in [-0.15, -0.1) is 0 Å². The molecule has 3 unspecified atom stereocenters. The van der Waals surface area contributed by atoms with Crippen molar-refractivity contribution in [2.45, 2.75) is 44.0 Å². The van der Waals surface area contributed by atoms with Crippen LogP contribution in [0.5, 0.6) is 0 Å². The summed E-state index contributed by atoms with van der Waals surface area (Å²) in [6.45, 7) is 1.45. The molecular weight excluding hydrogens is 260 g/mol. The number of unbranched alkanes of at least 4 members (excludes halogenated alkanes) is 1. The summed E-state index contributed by atoms with van der Waals surface area (Å²) in [4.78, 5) is 11.7. The summed E-state index contributed by atoms with van der Waals surface area (Å²) in [5.74, 6) is -0.259. The molecule has 0 aromatic heterocycles. The second-order valence-electron chi connectivity index (χ2n) is 4.93. The van der Waals surface area contributed by atoms with E-state index in [-0.39, 0.29) is 11.4 Å². The lowest BCUT2D eigenvalue weighted by Crippen LogP contribution is -2.28. The molecule has 1 rings (SSSR count). The van der Waals surface area contributed by atoms with Gasteiger partial charge in [0.1, 0.15) is 17.8 Å². The van der Waals surface area contributed by atoms with Gasteiger partial charge in [-0.05, 0) is 18.6 Å². The summed E-state index contributed by atoms with van der Waals surface area (Å²) in [7, 11) is 0. The van der Waals surface area contributed by atoms with Crippen molar-refractivity contribution in [3.8, 4) is 0 Å². The summed E-state index contributed by atoms with van der Waals surface area (Å²) in [6.07, 6.45) is 6.62. The first-order valence-electron chi connectivity index (χ1n) is 6.76. The Kier molecular flexibility index (Phi) is 6.29. The van der Waals surface area contributed by atoms with E-state index in [0.717, 1.165) is 12.8 Å². The third kappa shape index (κ3) is 4.11. The predicted octanol–water partition coefficient (Wildman–Crippen LogP) is 0.243. The second-order valence-corrected chi connectivity index (χ2v) is 4.93. The molecule has 0 heterocycles. The molecule has 1 aliphatic carbocycles. The molecule has 0 aromatic rings. The van der Waals surface area contributed by atoms with Crippen molar-refractivity contribution in [2.24, 2.45) is 0 Å². The number of hydrogen-bond donors (Lipinski definition) is 4. The molecule has 0 spiro atoms. The largest absolute Gasteiger partial charge is 0.394 e. The molecule has 0 amide bonds. The van der Waals surface area contributed by atoms with E-state index >= 15 is 0 Å². The van der Waals surface area contributed by atoms with Crippen LogP contribution < -0.4 is 0 Å². The van der Waals surface area contributed by atoms with E-state index in [0.29, 0.717) is 6.42 Å². The number of carbonyl (C=O) groups is 1. The van der Waals surface area contributed by atoms with Crippen molar-refractivity contribution in [3.63, 3.8) is 0 Å². The van der Waals surface area contributed by atoms with E-state index in [9.17, 15) is 20.1 Å². The Morgan fingerprint density at radius 2 is 2.10 bits per heavy atom. The van der Waals surface area contributed by atoms with Crippen LogP contribution in [0.4, 0.5) is 0 Å². The van der Waals surface area contributed by atoms with E-state index in [2.05, 4.69) is 0 Å². The van der Waals surface area contributed by atoms with Crippen LogP contribution in [0.3, 0.4) is 0 Å². The maximum Gasteiger partial charge on any atom is 0.184 e. The van der Waals surface area contributed by atoms with Gasteiger partial charge in [-0.3, -0.25) is 4.79 Å². The lowest BCUT2D eigenvalue weighted by atomic mass is 9.90. The standard InChI is InChI=1S/C15H22O5/c1-2-3-8-15(20)9-7-12(17)11(15)5-4-6-13(18)14(19)10-16/h4-7,9,13-14,16,18-20H,2-3,8,10H2,1H3/b6-4+,11-5+. The maximum atomic E-state index is 11.7. The molecule has 3 atom stereocenters. The number of allylic oxidation sites excluding steroid dienone is 3. The minimum Gasteiger partial charge on any atom is -0.394 e. The van der Waals surface area contributed by atoms with Gasteiger partial charge in [0.15, 0.2) is 5.78 Å². The first-order chi connectivity index (χ1) is 9.44. The quantitative estimate of drug-likeness (QED) is 0.502. The summed E-state index contributed by atoms with van der Waals surface area (Å²) in [5, 5.41) is 37.7. The Bertz CT molecular complexity index is 424. The van der Waals surface area contributed by atoms with E-state index in [1.165, 1.54) is 30.4 Å². The molecule has 0 saturated heterocycles. The zero-order chi connectivity index (χ0) is 15.2. The number of ketones is 1. The third-order valence-electron chi connectivity index (χ3n) is 3.31. The van der Waals surface area contributed by atoms with E-state index in [1.54, 1.807) is 0 Å². The Morgan fingerprint density at radius 1 is 1.40 bits per heavy atom. The monoisotopic (exact) mass is 282 g/mol. The normalized spacial score (nSPS) is 27.6. The van der Waals surface area contributed by atoms with Crippen LogP contribution in [0.25, 0.3) is 0 Å². The van der Waals surface area contributed by atoms with Crippen LogP contribution in [0.2, 0.25) is 0 Å². The SMILES string of the molecule is CCCCC1(O)C=CC(=O)/C1=C\C=C\C(O)C(O)CO. The average Bonchev–Trinajstić information content (AvgIpc) is 2.72. The predicted molar refractivity (Wildman–Crippen MR) is 74.9 cm³/mol. The Hall–Kier alpha value is -1.27. The highest BCUT2D eigenvalue weighted by Gasteiger charge is 2.36. The molecule has 0 radical (unpaired) electrons. The fourth-order valence-electron chi connectivity index (χ4n) is 2.00. The van der Waals surface area contributed by atoms with Gasteiger partial charge in [-0.1, -0.05) is 38.0 Å². The highest BCUT2D eigenvalue weighted by molar-refractivity contribution is 6.09. The Morgan fingerprint density at radius 3 is 2.70 bits per heavy atom. The topological polar surface area (TPSA) is 98.0 Å². The smallest absolute Gasteiger partial charge is 0.184 e. The van der Waals surface area contributed by atoms with Gasteiger partial charge in [0.05, 0.1) is 6.61 Å². The third-order valence-corrected chi connectivity index (χ3v) is 3.31. The second kappa shape index (κ2) is 7.50. The first-order valence-corrected chi connectivity index (χ1v) is 6.76. The average molecular weight is 282 g/mol. The fourth-order valence-corrected chi connectivity index (χ4v) is 2.00. The van der Waals surface area contributed by atoms with Gasteiger partial charge in [-0.25, -0.2) is 0 Å². The Balaban J connectivity index is 2.79. The van der Waals surface area contributed by atoms with Crippen molar-refractivity contribution in [2.75, 3.05) is 6.61 Å². The van der Waals surface area contributed by atoms with E-state index in [4.69, 9.17) is 5.11 Å². The van der Waals surface area contributed by atoms with Crippen LogP contribution in [-0.2, 0) is 4.79 Å². The molecular formula is C15H22O5. The van der Waals surface area contributed by atoms with Crippen molar-refractivity contribution in [1.29, 1.82) is 0 Å². The molecule has 0 aromatic carbocycles. The molecule has 0 fully saturated rings. The van der Waals surface area contributed by atoms with Crippen LogP contribution >= 0.6 is 0 Å². The van der Waals surface area contributed by atoms with Crippen LogP contribution in [0.1, 0.15) is 26.2 Å². The van der Waals surface area contributed by atoms with Gasteiger partial charge in [0, 0.05) is 5.57 Å². The molecule has 0 aliphatic heterocycles. The lowest BCUT2D eigenvalue weighted by molar-refractivity contribution is -0.112. The van der Waals surface area contributed by atoms with Crippen LogP contribution in [-0.4, -0.2) is 50.6 Å². The molecule has 112 valence electrons. The lowest BCUT2D eigenvalue weighted by Gasteiger charge is -2.21. The number of carbonyl (C=O) groups excluding carboxylic acids is 1. The molecule has 0 bridgehead atoms. The van der Waals surface area contributed by atoms with Crippen molar-refractivity contribution in [3.05, 3.63) is 36.0 Å². The molecule has 4 N–H and O–H groups in total. The summed E-state index contributed by atoms with van der Waals surface area (Å²) < 4.78 is 0.